The molecule has 1 aliphatic heterocycles. The van der Waals surface area contributed by atoms with Crippen LogP contribution in [-0.4, -0.2) is 29.4 Å². The molecule has 2 unspecified atom stereocenters. The molecule has 2 aliphatic rings. The van der Waals surface area contributed by atoms with Crippen LogP contribution in [0.5, 0.6) is 0 Å². The van der Waals surface area contributed by atoms with Crippen LogP contribution in [0.4, 0.5) is 0 Å². The number of hydrogen-bond donors (Lipinski definition) is 1. The number of piperidine rings is 1. The van der Waals surface area contributed by atoms with Crippen molar-refractivity contribution in [2.24, 2.45) is 17.1 Å². The third kappa shape index (κ3) is 2.10. The van der Waals surface area contributed by atoms with E-state index in [2.05, 4.69) is 25.7 Å². The molecule has 0 aromatic carbocycles. The summed E-state index contributed by atoms with van der Waals surface area (Å²) < 4.78 is 0. The summed E-state index contributed by atoms with van der Waals surface area (Å²) in [5.74, 6) is 0.472. The molecular weight excluding hydrogens is 212 g/mol. The summed E-state index contributed by atoms with van der Waals surface area (Å²) in [5, 5.41) is 0. The van der Waals surface area contributed by atoms with Crippen LogP contribution in [0.25, 0.3) is 0 Å². The van der Waals surface area contributed by atoms with E-state index in [1.165, 1.54) is 19.3 Å². The van der Waals surface area contributed by atoms with Gasteiger partial charge in [-0.2, -0.15) is 0 Å². The number of likely N-dealkylation sites (tertiary alicyclic amines) is 1. The van der Waals surface area contributed by atoms with Crippen molar-refractivity contribution in [3.05, 3.63) is 0 Å². The first-order chi connectivity index (χ1) is 7.86. The minimum atomic E-state index is -0.205. The van der Waals surface area contributed by atoms with E-state index < -0.39 is 0 Å². The zero-order chi connectivity index (χ0) is 12.7. The number of carbonyl (C=O) groups excluding carboxylic acids is 1. The van der Waals surface area contributed by atoms with Crippen LogP contribution in [0.2, 0.25) is 0 Å². The van der Waals surface area contributed by atoms with Crippen molar-refractivity contribution in [1.29, 1.82) is 0 Å². The van der Waals surface area contributed by atoms with Crippen LogP contribution >= 0.6 is 0 Å². The average Bonchev–Trinajstić information content (AvgIpc) is 2.49. The van der Waals surface area contributed by atoms with E-state index in [9.17, 15) is 4.79 Å². The van der Waals surface area contributed by atoms with Gasteiger partial charge in [0, 0.05) is 24.5 Å². The van der Waals surface area contributed by atoms with Gasteiger partial charge in [-0.3, -0.25) is 4.79 Å². The fourth-order valence-electron chi connectivity index (χ4n) is 3.29. The molecule has 17 heavy (non-hydrogen) atoms. The van der Waals surface area contributed by atoms with Gasteiger partial charge in [0.25, 0.3) is 0 Å². The molecule has 1 saturated heterocycles. The highest BCUT2D eigenvalue weighted by Gasteiger charge is 2.52. The minimum Gasteiger partial charge on any atom is -0.342 e. The molecule has 1 amide bonds. The molecule has 2 atom stereocenters. The Morgan fingerprint density at radius 3 is 2.24 bits per heavy atom. The summed E-state index contributed by atoms with van der Waals surface area (Å²) in [6.07, 6.45) is 5.52. The zero-order valence-electron chi connectivity index (χ0n) is 11.5. The van der Waals surface area contributed by atoms with E-state index in [-0.39, 0.29) is 16.9 Å². The molecule has 2 rings (SSSR count). The lowest BCUT2D eigenvalue weighted by atomic mass is 9.71. The Labute approximate surface area is 105 Å². The lowest BCUT2D eigenvalue weighted by molar-refractivity contribution is -0.140. The molecule has 0 radical (unpaired) electrons. The lowest BCUT2D eigenvalue weighted by Gasteiger charge is -2.40. The van der Waals surface area contributed by atoms with Gasteiger partial charge in [-0.05, 0) is 44.4 Å². The molecule has 1 saturated carbocycles. The van der Waals surface area contributed by atoms with E-state index in [1.807, 2.05) is 0 Å². The van der Waals surface area contributed by atoms with Gasteiger partial charge < -0.3 is 10.6 Å². The van der Waals surface area contributed by atoms with Crippen LogP contribution in [0, 0.1) is 11.3 Å². The van der Waals surface area contributed by atoms with Crippen molar-refractivity contribution in [2.45, 2.75) is 58.4 Å². The molecule has 3 heteroatoms. The Morgan fingerprint density at radius 2 is 1.76 bits per heavy atom. The molecule has 0 aromatic rings. The van der Waals surface area contributed by atoms with Gasteiger partial charge in [0.1, 0.15) is 0 Å². The Balaban J connectivity index is 2.10. The summed E-state index contributed by atoms with van der Waals surface area (Å²) in [6.45, 7) is 8.31. The van der Waals surface area contributed by atoms with Crippen LogP contribution in [0.1, 0.15) is 52.9 Å². The highest BCUT2D eigenvalue weighted by atomic mass is 16.2. The van der Waals surface area contributed by atoms with E-state index >= 15 is 0 Å². The predicted octanol–water partition coefficient (Wildman–Crippen LogP) is 2.15. The third-order valence-corrected chi connectivity index (χ3v) is 5.26. The molecule has 0 aromatic heterocycles. The fraction of sp³-hybridized carbons (Fsp3) is 0.929. The molecule has 1 heterocycles. The first-order valence-corrected chi connectivity index (χ1v) is 6.94. The summed E-state index contributed by atoms with van der Waals surface area (Å²) in [6, 6.07) is 0. The standard InChI is InChI=1S/C14H26N2O/c1-13(2)11(7-8-14(13,3)15)12(17)16-9-5-4-6-10-16/h11H,4-10,15H2,1-3H3. The molecule has 3 nitrogen and oxygen atoms in total. The molecule has 0 bridgehead atoms. The fourth-order valence-corrected chi connectivity index (χ4v) is 3.29. The topological polar surface area (TPSA) is 46.3 Å². The predicted molar refractivity (Wildman–Crippen MR) is 69.5 cm³/mol. The Bertz CT molecular complexity index is 303. The molecule has 2 N–H and O–H groups in total. The van der Waals surface area contributed by atoms with Gasteiger partial charge in [0.15, 0.2) is 0 Å². The van der Waals surface area contributed by atoms with Crippen molar-refractivity contribution >= 4 is 5.91 Å². The van der Waals surface area contributed by atoms with Gasteiger partial charge in [-0.1, -0.05) is 13.8 Å². The van der Waals surface area contributed by atoms with Crippen molar-refractivity contribution in [2.75, 3.05) is 13.1 Å². The Kier molecular flexibility index (Phi) is 3.23. The molecule has 0 spiro atoms. The van der Waals surface area contributed by atoms with Gasteiger partial charge in [-0.25, -0.2) is 0 Å². The number of rotatable bonds is 1. The number of amides is 1. The number of hydrogen-bond acceptors (Lipinski definition) is 2. The molecule has 1 aliphatic carbocycles. The van der Waals surface area contributed by atoms with E-state index in [1.54, 1.807) is 0 Å². The Morgan fingerprint density at radius 1 is 1.18 bits per heavy atom. The average molecular weight is 238 g/mol. The summed E-state index contributed by atoms with van der Waals surface area (Å²) in [7, 11) is 0. The number of carbonyl (C=O) groups is 1. The van der Waals surface area contributed by atoms with E-state index in [0.29, 0.717) is 5.91 Å². The number of nitrogens with two attached hydrogens (primary N) is 1. The second kappa shape index (κ2) is 4.27. The normalized spacial score (nSPS) is 37.2. The second-order valence-corrected chi connectivity index (χ2v) is 6.62. The van der Waals surface area contributed by atoms with Gasteiger partial charge in [-0.15, -0.1) is 0 Å². The highest BCUT2D eigenvalue weighted by molar-refractivity contribution is 5.80. The minimum absolute atomic E-state index is 0.0818. The van der Waals surface area contributed by atoms with Gasteiger partial charge in [0.2, 0.25) is 5.91 Å². The van der Waals surface area contributed by atoms with Crippen LogP contribution < -0.4 is 5.73 Å². The number of nitrogens with zero attached hydrogens (tertiary/aromatic N) is 1. The van der Waals surface area contributed by atoms with Crippen LogP contribution in [-0.2, 0) is 4.79 Å². The SMILES string of the molecule is CC1(N)CCC(C(=O)N2CCCCC2)C1(C)C. The summed E-state index contributed by atoms with van der Waals surface area (Å²) in [5.41, 5.74) is 6.06. The lowest BCUT2D eigenvalue weighted by Crippen LogP contribution is -2.52. The van der Waals surface area contributed by atoms with Crippen LogP contribution in [0.3, 0.4) is 0 Å². The summed E-state index contributed by atoms with van der Waals surface area (Å²) >= 11 is 0. The highest BCUT2D eigenvalue weighted by Crippen LogP contribution is 2.49. The zero-order valence-corrected chi connectivity index (χ0v) is 11.5. The largest absolute Gasteiger partial charge is 0.342 e. The van der Waals surface area contributed by atoms with Crippen molar-refractivity contribution in [3.8, 4) is 0 Å². The van der Waals surface area contributed by atoms with Crippen molar-refractivity contribution in [1.82, 2.24) is 4.90 Å². The maximum atomic E-state index is 12.6. The smallest absolute Gasteiger partial charge is 0.226 e. The van der Waals surface area contributed by atoms with Gasteiger partial charge >= 0.3 is 0 Å². The third-order valence-electron chi connectivity index (χ3n) is 5.26. The maximum absolute atomic E-state index is 12.6. The first-order valence-electron chi connectivity index (χ1n) is 6.94. The van der Waals surface area contributed by atoms with Crippen molar-refractivity contribution in [3.63, 3.8) is 0 Å². The first kappa shape index (κ1) is 12.9. The van der Waals surface area contributed by atoms with Gasteiger partial charge in [0.05, 0.1) is 0 Å². The molecular formula is C14H26N2O. The second-order valence-electron chi connectivity index (χ2n) is 6.62. The summed E-state index contributed by atoms with van der Waals surface area (Å²) in [4.78, 5) is 14.6. The maximum Gasteiger partial charge on any atom is 0.226 e. The molecule has 98 valence electrons. The Hall–Kier alpha value is -0.570. The van der Waals surface area contributed by atoms with Crippen LogP contribution in [0.15, 0.2) is 0 Å². The quantitative estimate of drug-likeness (QED) is 0.761. The van der Waals surface area contributed by atoms with E-state index in [4.69, 9.17) is 5.73 Å². The van der Waals surface area contributed by atoms with E-state index in [0.717, 1.165) is 25.9 Å². The van der Waals surface area contributed by atoms with Crippen molar-refractivity contribution < 1.29 is 4.79 Å². The monoisotopic (exact) mass is 238 g/mol. The molecule has 2 fully saturated rings.